The fraction of sp³-hybridized carbons (Fsp3) is 0.176. The third-order valence-corrected chi connectivity index (χ3v) is 3.25. The van der Waals surface area contributed by atoms with Gasteiger partial charge in [-0.15, -0.1) is 0 Å². The molecule has 0 saturated heterocycles. The molecule has 24 heavy (non-hydrogen) atoms. The first-order valence-corrected chi connectivity index (χ1v) is 7.03. The number of aryl methyl sites for hydroxylation is 1. The normalized spacial score (nSPS) is 12.4. The van der Waals surface area contributed by atoms with E-state index in [0.29, 0.717) is 17.5 Å². The lowest BCUT2D eigenvalue weighted by Gasteiger charge is -2.05. The van der Waals surface area contributed by atoms with E-state index in [9.17, 15) is 22.0 Å². The molecule has 0 aliphatic heterocycles. The first-order chi connectivity index (χ1) is 11.3. The van der Waals surface area contributed by atoms with Crippen LogP contribution in [0.2, 0.25) is 0 Å². The van der Waals surface area contributed by atoms with Crippen molar-refractivity contribution in [3.63, 3.8) is 0 Å². The fourth-order valence-electron chi connectivity index (χ4n) is 1.91. The maximum absolute atomic E-state index is 13.7. The Bertz CT molecular complexity index is 739. The van der Waals surface area contributed by atoms with Crippen LogP contribution in [0.3, 0.4) is 0 Å². The highest BCUT2D eigenvalue weighted by Crippen LogP contribution is 2.28. The molecule has 0 saturated carbocycles. The molecule has 0 aliphatic carbocycles. The SMILES string of the molecule is CCc1cc(F)c(C=NN=Cc2ccc(C(F)(F)F)cc2)c(F)c1. The van der Waals surface area contributed by atoms with Gasteiger partial charge in [0.1, 0.15) is 11.6 Å². The Morgan fingerprint density at radius 1 is 0.917 bits per heavy atom. The second-order valence-corrected chi connectivity index (χ2v) is 4.94. The van der Waals surface area contributed by atoms with Gasteiger partial charge in [-0.1, -0.05) is 19.1 Å². The van der Waals surface area contributed by atoms with E-state index in [1.54, 1.807) is 6.92 Å². The molecule has 0 fully saturated rings. The molecule has 0 aliphatic rings. The number of nitrogens with zero attached hydrogens (tertiary/aromatic N) is 2. The highest BCUT2D eigenvalue weighted by molar-refractivity contribution is 5.83. The van der Waals surface area contributed by atoms with E-state index in [1.165, 1.54) is 30.5 Å². The average molecular weight is 340 g/mol. The van der Waals surface area contributed by atoms with Crippen molar-refractivity contribution >= 4 is 12.4 Å². The van der Waals surface area contributed by atoms with Gasteiger partial charge >= 0.3 is 6.18 Å². The van der Waals surface area contributed by atoms with E-state index < -0.39 is 23.4 Å². The molecule has 7 heteroatoms. The largest absolute Gasteiger partial charge is 0.416 e. The minimum Gasteiger partial charge on any atom is -0.206 e. The van der Waals surface area contributed by atoms with Gasteiger partial charge in [-0.05, 0) is 41.8 Å². The third-order valence-electron chi connectivity index (χ3n) is 3.25. The Morgan fingerprint density at radius 3 is 1.96 bits per heavy atom. The summed E-state index contributed by atoms with van der Waals surface area (Å²) in [5, 5.41) is 7.11. The van der Waals surface area contributed by atoms with Crippen LogP contribution in [-0.2, 0) is 12.6 Å². The summed E-state index contributed by atoms with van der Waals surface area (Å²) in [5.41, 5.74) is -0.196. The van der Waals surface area contributed by atoms with Gasteiger partial charge < -0.3 is 0 Å². The standard InChI is InChI=1S/C17H13F5N2/c1-2-11-7-15(18)14(16(19)8-11)10-24-23-9-12-3-5-13(6-4-12)17(20,21)22/h3-10H,2H2,1H3. The molecule has 2 nitrogen and oxygen atoms in total. The number of benzene rings is 2. The Kier molecular flexibility index (Phi) is 5.43. The fourth-order valence-corrected chi connectivity index (χ4v) is 1.91. The summed E-state index contributed by atoms with van der Waals surface area (Å²) < 4.78 is 64.7. The van der Waals surface area contributed by atoms with Crippen LogP contribution in [0.5, 0.6) is 0 Å². The lowest BCUT2D eigenvalue weighted by molar-refractivity contribution is -0.137. The van der Waals surface area contributed by atoms with Gasteiger partial charge in [-0.2, -0.15) is 23.4 Å². The van der Waals surface area contributed by atoms with Crippen molar-refractivity contribution in [2.24, 2.45) is 10.2 Å². The van der Waals surface area contributed by atoms with Crippen LogP contribution >= 0.6 is 0 Å². The molecule has 0 atom stereocenters. The third kappa shape index (κ3) is 4.47. The Hall–Kier alpha value is -2.57. The minimum absolute atomic E-state index is 0.322. The zero-order chi connectivity index (χ0) is 17.7. The maximum atomic E-state index is 13.7. The molecule has 0 unspecified atom stereocenters. The Morgan fingerprint density at radius 2 is 1.46 bits per heavy atom. The number of hydrogen-bond acceptors (Lipinski definition) is 2. The monoisotopic (exact) mass is 340 g/mol. The number of rotatable bonds is 4. The smallest absolute Gasteiger partial charge is 0.206 e. The van der Waals surface area contributed by atoms with E-state index in [2.05, 4.69) is 10.2 Å². The molecule has 126 valence electrons. The van der Waals surface area contributed by atoms with Crippen molar-refractivity contribution in [3.8, 4) is 0 Å². The van der Waals surface area contributed by atoms with E-state index >= 15 is 0 Å². The Labute approximate surface area is 135 Å². The summed E-state index contributed by atoms with van der Waals surface area (Å²) in [7, 11) is 0. The molecule has 2 aromatic carbocycles. The summed E-state index contributed by atoms with van der Waals surface area (Å²) >= 11 is 0. The van der Waals surface area contributed by atoms with Crippen LogP contribution in [-0.4, -0.2) is 12.4 Å². The predicted molar refractivity (Wildman–Crippen MR) is 82.4 cm³/mol. The van der Waals surface area contributed by atoms with E-state index in [0.717, 1.165) is 18.3 Å². The molecule has 0 spiro atoms. The van der Waals surface area contributed by atoms with Crippen LogP contribution in [0.15, 0.2) is 46.6 Å². The van der Waals surface area contributed by atoms with Crippen molar-refractivity contribution in [2.75, 3.05) is 0 Å². The van der Waals surface area contributed by atoms with Crippen molar-refractivity contribution in [2.45, 2.75) is 19.5 Å². The zero-order valence-electron chi connectivity index (χ0n) is 12.6. The highest BCUT2D eigenvalue weighted by atomic mass is 19.4. The molecule has 0 radical (unpaired) electrons. The maximum Gasteiger partial charge on any atom is 0.416 e. The molecule has 0 heterocycles. The number of hydrogen-bond donors (Lipinski definition) is 0. The molecular weight excluding hydrogens is 327 g/mol. The van der Waals surface area contributed by atoms with Gasteiger partial charge in [0, 0.05) is 0 Å². The van der Waals surface area contributed by atoms with Crippen molar-refractivity contribution in [3.05, 3.63) is 70.3 Å². The summed E-state index contributed by atoms with van der Waals surface area (Å²) in [6.45, 7) is 1.77. The van der Waals surface area contributed by atoms with Gasteiger partial charge in [-0.3, -0.25) is 0 Å². The molecule has 0 bridgehead atoms. The van der Waals surface area contributed by atoms with Gasteiger partial charge in [0.05, 0.1) is 23.6 Å². The van der Waals surface area contributed by atoms with Crippen LogP contribution in [0.1, 0.15) is 29.2 Å². The van der Waals surface area contributed by atoms with Crippen LogP contribution in [0.4, 0.5) is 22.0 Å². The van der Waals surface area contributed by atoms with Crippen LogP contribution < -0.4 is 0 Å². The minimum atomic E-state index is -4.41. The van der Waals surface area contributed by atoms with E-state index in [-0.39, 0.29) is 5.56 Å². The molecule has 0 N–H and O–H groups in total. The first-order valence-electron chi connectivity index (χ1n) is 7.03. The topological polar surface area (TPSA) is 24.7 Å². The molecular formula is C17H13F5N2. The Balaban J connectivity index is 2.10. The predicted octanol–water partition coefficient (Wildman–Crippen LogP) is 5.00. The second kappa shape index (κ2) is 7.33. The van der Waals surface area contributed by atoms with Crippen molar-refractivity contribution in [1.82, 2.24) is 0 Å². The van der Waals surface area contributed by atoms with Gasteiger partial charge in [-0.25, -0.2) is 8.78 Å². The lowest BCUT2D eigenvalue weighted by atomic mass is 10.1. The van der Waals surface area contributed by atoms with Gasteiger partial charge in [0.25, 0.3) is 0 Å². The lowest BCUT2D eigenvalue weighted by Crippen LogP contribution is -2.04. The average Bonchev–Trinajstić information content (AvgIpc) is 2.52. The summed E-state index contributed by atoms with van der Waals surface area (Å²) in [6.07, 6.45) is -1.80. The number of halogens is 5. The summed E-state index contributed by atoms with van der Waals surface area (Å²) in [4.78, 5) is 0. The summed E-state index contributed by atoms with van der Waals surface area (Å²) in [5.74, 6) is -1.50. The zero-order valence-corrected chi connectivity index (χ0v) is 12.6. The van der Waals surface area contributed by atoms with Crippen LogP contribution in [0, 0.1) is 11.6 Å². The quantitative estimate of drug-likeness (QED) is 0.425. The first kappa shape index (κ1) is 17.8. The van der Waals surface area contributed by atoms with Gasteiger partial charge in [0.2, 0.25) is 0 Å². The highest BCUT2D eigenvalue weighted by Gasteiger charge is 2.29. The molecule has 2 rings (SSSR count). The molecule has 0 amide bonds. The molecule has 2 aromatic rings. The van der Waals surface area contributed by atoms with E-state index in [1.807, 2.05) is 0 Å². The van der Waals surface area contributed by atoms with E-state index in [4.69, 9.17) is 0 Å². The van der Waals surface area contributed by atoms with Gasteiger partial charge in [0.15, 0.2) is 0 Å². The molecule has 0 aromatic heterocycles. The van der Waals surface area contributed by atoms with Crippen LogP contribution in [0.25, 0.3) is 0 Å². The number of alkyl halides is 3. The second-order valence-electron chi connectivity index (χ2n) is 4.94. The van der Waals surface area contributed by atoms with Crippen molar-refractivity contribution < 1.29 is 22.0 Å². The van der Waals surface area contributed by atoms with Crippen molar-refractivity contribution in [1.29, 1.82) is 0 Å². The summed E-state index contributed by atoms with van der Waals surface area (Å²) in [6, 6.07) is 6.69.